The number of nitrogens with zero attached hydrogens (tertiary/aromatic N) is 1. The lowest BCUT2D eigenvalue weighted by molar-refractivity contribution is 0.0697. The lowest BCUT2D eigenvalue weighted by Gasteiger charge is -2.15. The Bertz CT molecular complexity index is 415. The van der Waals surface area contributed by atoms with Crippen molar-refractivity contribution in [2.45, 2.75) is 6.54 Å². The Kier molecular flexibility index (Phi) is 5.48. The maximum absolute atomic E-state index is 10.7. The summed E-state index contributed by atoms with van der Waals surface area (Å²) in [7, 11) is 1.91. The molecule has 0 aliphatic rings. The number of carbonyl (C=O) groups is 1. The highest BCUT2D eigenvalue weighted by atomic mass is 35.5. The van der Waals surface area contributed by atoms with Crippen LogP contribution in [-0.4, -0.2) is 29.6 Å². The molecule has 17 heavy (non-hydrogen) atoms. The van der Waals surface area contributed by atoms with E-state index in [0.717, 1.165) is 5.56 Å². The van der Waals surface area contributed by atoms with Crippen LogP contribution >= 0.6 is 23.2 Å². The quantitative estimate of drug-likeness (QED) is 0.896. The second-order valence-corrected chi connectivity index (χ2v) is 4.43. The monoisotopic (exact) mass is 273 g/mol. The molecule has 0 radical (unpaired) electrons. The summed E-state index contributed by atoms with van der Waals surface area (Å²) in [6.07, 6.45) is 0. The summed E-state index contributed by atoms with van der Waals surface area (Å²) in [6, 6.07) is 6.76. The van der Waals surface area contributed by atoms with Crippen LogP contribution in [0.1, 0.15) is 15.9 Å². The molecule has 0 bridgehead atoms. The lowest BCUT2D eigenvalue weighted by atomic mass is 10.1. The van der Waals surface area contributed by atoms with Crippen molar-refractivity contribution >= 4 is 29.2 Å². The lowest BCUT2D eigenvalue weighted by Crippen LogP contribution is -2.19. The molecule has 0 aromatic heterocycles. The number of hydrogen-bond acceptors (Lipinski definition) is 2. The van der Waals surface area contributed by atoms with Gasteiger partial charge in [-0.05, 0) is 24.7 Å². The van der Waals surface area contributed by atoms with E-state index in [1.807, 2.05) is 11.9 Å². The molecule has 0 saturated carbocycles. The molecule has 1 aromatic carbocycles. The predicted octanol–water partition coefficient (Wildman–Crippen LogP) is 3.14. The molecule has 92 valence electrons. The first-order valence-electron chi connectivity index (χ1n) is 4.98. The zero-order chi connectivity index (χ0) is 12.8. The van der Waals surface area contributed by atoms with E-state index in [0.29, 0.717) is 18.1 Å². The van der Waals surface area contributed by atoms with Gasteiger partial charge in [0.25, 0.3) is 0 Å². The summed E-state index contributed by atoms with van der Waals surface area (Å²) in [5.41, 5.74) is 2.65. The molecule has 0 heterocycles. The van der Waals surface area contributed by atoms with Crippen molar-refractivity contribution in [2.75, 3.05) is 13.6 Å². The summed E-state index contributed by atoms with van der Waals surface area (Å²) in [5, 5.41) is 9.32. The number of carboxylic acid groups (broad SMARTS) is 1. The van der Waals surface area contributed by atoms with Crippen LogP contribution in [0.25, 0.3) is 0 Å². The van der Waals surface area contributed by atoms with Gasteiger partial charge in [-0.1, -0.05) is 35.3 Å². The van der Waals surface area contributed by atoms with Crippen molar-refractivity contribution in [3.05, 3.63) is 46.0 Å². The number of carboxylic acids is 1. The Labute approximate surface area is 110 Å². The summed E-state index contributed by atoms with van der Waals surface area (Å²) in [4.78, 5) is 12.7. The second-order valence-electron chi connectivity index (χ2n) is 3.73. The molecule has 1 N–H and O–H groups in total. The number of benzene rings is 1. The molecule has 1 rings (SSSR count). The standard InChI is InChI=1S/C12H13Cl2NO2/c1-15(8-11(14)6-13)7-9-2-4-10(5-3-9)12(16)17/h2-6H,7-8H2,1H3,(H,16,17). The van der Waals surface area contributed by atoms with Crippen LogP contribution < -0.4 is 0 Å². The molecular formula is C12H13Cl2NO2. The third kappa shape index (κ3) is 4.77. The highest BCUT2D eigenvalue weighted by Crippen LogP contribution is 2.10. The normalized spacial score (nSPS) is 11.9. The van der Waals surface area contributed by atoms with E-state index in [4.69, 9.17) is 28.3 Å². The zero-order valence-electron chi connectivity index (χ0n) is 9.36. The fourth-order valence-corrected chi connectivity index (χ4v) is 1.69. The fraction of sp³-hybridized carbons (Fsp3) is 0.250. The second kappa shape index (κ2) is 6.64. The van der Waals surface area contributed by atoms with E-state index >= 15 is 0 Å². The third-order valence-electron chi connectivity index (χ3n) is 2.19. The molecule has 0 fully saturated rings. The molecule has 0 amide bonds. The van der Waals surface area contributed by atoms with Gasteiger partial charge in [-0.3, -0.25) is 4.90 Å². The van der Waals surface area contributed by atoms with Gasteiger partial charge >= 0.3 is 5.97 Å². The summed E-state index contributed by atoms with van der Waals surface area (Å²) in [6.45, 7) is 1.24. The Morgan fingerprint density at radius 2 is 2.00 bits per heavy atom. The maximum Gasteiger partial charge on any atom is 0.335 e. The summed E-state index contributed by atoms with van der Waals surface area (Å²) >= 11 is 11.3. The van der Waals surface area contributed by atoms with Crippen molar-refractivity contribution in [3.63, 3.8) is 0 Å². The van der Waals surface area contributed by atoms with E-state index in [-0.39, 0.29) is 5.56 Å². The van der Waals surface area contributed by atoms with Gasteiger partial charge in [-0.15, -0.1) is 0 Å². The fourth-order valence-electron chi connectivity index (χ4n) is 1.41. The van der Waals surface area contributed by atoms with Crippen molar-refractivity contribution in [2.24, 2.45) is 0 Å². The molecule has 0 aliphatic carbocycles. The van der Waals surface area contributed by atoms with Gasteiger partial charge in [-0.2, -0.15) is 0 Å². The number of aromatic carboxylic acids is 1. The van der Waals surface area contributed by atoms with Gasteiger partial charge in [0.05, 0.1) is 5.56 Å². The van der Waals surface area contributed by atoms with Gasteiger partial charge in [0.2, 0.25) is 0 Å². The van der Waals surface area contributed by atoms with Crippen LogP contribution in [0.4, 0.5) is 0 Å². The number of halogens is 2. The summed E-state index contributed by atoms with van der Waals surface area (Å²) in [5.74, 6) is -0.918. The third-order valence-corrected chi connectivity index (χ3v) is 2.80. The van der Waals surface area contributed by atoms with Crippen molar-refractivity contribution in [1.29, 1.82) is 0 Å². The smallest absolute Gasteiger partial charge is 0.335 e. The minimum Gasteiger partial charge on any atom is -0.478 e. The van der Waals surface area contributed by atoms with Gasteiger partial charge in [0.1, 0.15) is 0 Å². The molecule has 0 unspecified atom stereocenters. The largest absolute Gasteiger partial charge is 0.478 e. The van der Waals surface area contributed by atoms with E-state index in [9.17, 15) is 4.79 Å². The van der Waals surface area contributed by atoms with E-state index < -0.39 is 5.97 Å². The average molecular weight is 274 g/mol. The molecule has 0 saturated heterocycles. The Morgan fingerprint density at radius 1 is 1.41 bits per heavy atom. The number of hydrogen-bond donors (Lipinski definition) is 1. The molecule has 0 aliphatic heterocycles. The molecule has 1 aromatic rings. The summed E-state index contributed by atoms with van der Waals surface area (Å²) < 4.78 is 0. The van der Waals surface area contributed by atoms with E-state index in [2.05, 4.69) is 0 Å². The van der Waals surface area contributed by atoms with Crippen LogP contribution in [0.5, 0.6) is 0 Å². The van der Waals surface area contributed by atoms with Crippen LogP contribution in [0, 0.1) is 0 Å². The minimum absolute atomic E-state index is 0.287. The Balaban J connectivity index is 2.60. The van der Waals surface area contributed by atoms with Crippen molar-refractivity contribution in [3.8, 4) is 0 Å². The first-order valence-corrected chi connectivity index (χ1v) is 5.80. The van der Waals surface area contributed by atoms with Gasteiger partial charge in [0, 0.05) is 23.7 Å². The first kappa shape index (κ1) is 14.0. The van der Waals surface area contributed by atoms with Crippen molar-refractivity contribution in [1.82, 2.24) is 4.90 Å². The van der Waals surface area contributed by atoms with Gasteiger partial charge in [-0.25, -0.2) is 4.79 Å². The Hall–Kier alpha value is -1.03. The van der Waals surface area contributed by atoms with Crippen LogP contribution in [-0.2, 0) is 6.54 Å². The van der Waals surface area contributed by atoms with Crippen molar-refractivity contribution < 1.29 is 9.90 Å². The minimum atomic E-state index is -0.918. The highest BCUT2D eigenvalue weighted by Gasteiger charge is 2.04. The number of likely N-dealkylation sites (N-methyl/N-ethyl adjacent to an activating group) is 1. The number of rotatable bonds is 5. The molecule has 3 nitrogen and oxygen atoms in total. The topological polar surface area (TPSA) is 40.5 Å². The predicted molar refractivity (Wildman–Crippen MR) is 69.5 cm³/mol. The van der Waals surface area contributed by atoms with E-state index in [1.54, 1.807) is 24.3 Å². The van der Waals surface area contributed by atoms with Gasteiger partial charge < -0.3 is 5.11 Å². The maximum atomic E-state index is 10.7. The van der Waals surface area contributed by atoms with Crippen LogP contribution in [0.2, 0.25) is 0 Å². The van der Waals surface area contributed by atoms with Crippen LogP contribution in [0.15, 0.2) is 34.8 Å². The van der Waals surface area contributed by atoms with Crippen LogP contribution in [0.3, 0.4) is 0 Å². The average Bonchev–Trinajstić information content (AvgIpc) is 2.29. The molecule has 0 spiro atoms. The molecule has 0 atom stereocenters. The molecule has 5 heteroatoms. The first-order chi connectivity index (χ1) is 8.02. The molecular weight excluding hydrogens is 261 g/mol. The van der Waals surface area contributed by atoms with Gasteiger partial charge in [0.15, 0.2) is 0 Å². The Morgan fingerprint density at radius 3 is 2.47 bits per heavy atom. The SMILES string of the molecule is CN(CC(Cl)=CCl)Cc1ccc(C(=O)O)cc1. The van der Waals surface area contributed by atoms with E-state index in [1.165, 1.54) is 5.54 Å². The highest BCUT2D eigenvalue weighted by molar-refractivity contribution is 6.36. The zero-order valence-corrected chi connectivity index (χ0v) is 10.9.